The molecule has 0 saturated heterocycles. The van der Waals surface area contributed by atoms with Crippen molar-refractivity contribution in [2.24, 2.45) is 0 Å². The van der Waals surface area contributed by atoms with E-state index in [0.29, 0.717) is 5.82 Å². The molecule has 4 nitrogen and oxygen atoms in total. The highest BCUT2D eigenvalue weighted by Gasteiger charge is 2.20. The minimum absolute atomic E-state index is 0.705. The van der Waals surface area contributed by atoms with Gasteiger partial charge in [-0.2, -0.15) is 0 Å². The maximum absolute atomic E-state index is 5.31. The van der Waals surface area contributed by atoms with E-state index in [0.717, 1.165) is 50.2 Å². The maximum Gasteiger partial charge on any atom is 0.161 e. The van der Waals surface area contributed by atoms with E-state index in [1.807, 2.05) is 6.07 Å². The SMILES string of the molecule is c1ccc(-c2cc(-c3cccc4ccccc34)nc(-c3cccc4cc(-n5c6ccccc6c6cc7c(cc65)c5ccccc5n7-c5ccccc5)ccc34)n2)cc1. The quantitative estimate of drug-likeness (QED) is 0.176. The molecule has 0 amide bonds. The number of fused-ring (bicyclic) bond motifs is 8. The van der Waals surface area contributed by atoms with Crippen molar-refractivity contribution in [2.45, 2.75) is 0 Å². The van der Waals surface area contributed by atoms with Crippen LogP contribution in [0.2, 0.25) is 0 Å². The number of para-hydroxylation sites is 3. The first-order valence-electron chi connectivity index (χ1n) is 19.7. The van der Waals surface area contributed by atoms with E-state index in [2.05, 4.69) is 209 Å². The third-order valence-electron chi connectivity index (χ3n) is 11.7. The second-order valence-corrected chi connectivity index (χ2v) is 15.0. The van der Waals surface area contributed by atoms with Crippen molar-refractivity contribution < 1.29 is 0 Å². The second kappa shape index (κ2) is 12.9. The predicted octanol–water partition coefficient (Wildman–Crippen LogP) is 14.0. The zero-order valence-corrected chi connectivity index (χ0v) is 31.4. The Balaban J connectivity index is 1.07. The van der Waals surface area contributed by atoms with E-state index in [9.17, 15) is 0 Å². The molecule has 3 aromatic heterocycles. The number of hydrogen-bond acceptors (Lipinski definition) is 2. The van der Waals surface area contributed by atoms with Crippen molar-refractivity contribution in [3.05, 3.63) is 206 Å². The van der Waals surface area contributed by atoms with Crippen molar-refractivity contribution in [1.82, 2.24) is 19.1 Å². The summed E-state index contributed by atoms with van der Waals surface area (Å²) in [5, 5.41) is 9.52. The molecule has 0 atom stereocenters. The third kappa shape index (κ3) is 5.02. The van der Waals surface area contributed by atoms with Gasteiger partial charge < -0.3 is 9.13 Å². The summed E-state index contributed by atoms with van der Waals surface area (Å²) in [6.07, 6.45) is 0. The minimum atomic E-state index is 0.705. The average Bonchev–Trinajstić information content (AvgIpc) is 3.80. The van der Waals surface area contributed by atoms with Crippen molar-refractivity contribution in [1.29, 1.82) is 0 Å². The van der Waals surface area contributed by atoms with Gasteiger partial charge in [0.25, 0.3) is 0 Å². The topological polar surface area (TPSA) is 35.6 Å². The molecule has 9 aromatic carbocycles. The summed E-state index contributed by atoms with van der Waals surface area (Å²) in [6.45, 7) is 0. The highest BCUT2D eigenvalue weighted by Crippen LogP contribution is 2.41. The smallest absolute Gasteiger partial charge is 0.161 e. The number of aromatic nitrogens is 4. The molecule has 0 aliphatic carbocycles. The molecular formula is C54H34N4. The van der Waals surface area contributed by atoms with Gasteiger partial charge in [-0.15, -0.1) is 0 Å². The van der Waals surface area contributed by atoms with Crippen molar-refractivity contribution in [3.8, 4) is 45.3 Å². The molecule has 0 fully saturated rings. The molecule has 0 radical (unpaired) electrons. The van der Waals surface area contributed by atoms with Crippen LogP contribution in [-0.4, -0.2) is 19.1 Å². The van der Waals surface area contributed by atoms with Crippen molar-refractivity contribution in [3.63, 3.8) is 0 Å². The first kappa shape index (κ1) is 32.4. The Morgan fingerprint density at radius 1 is 0.293 bits per heavy atom. The normalized spacial score (nSPS) is 11.8. The summed E-state index contributed by atoms with van der Waals surface area (Å²) in [4.78, 5) is 10.6. The Hall–Kier alpha value is -7.82. The van der Waals surface area contributed by atoms with Gasteiger partial charge in [-0.25, -0.2) is 9.97 Å². The predicted molar refractivity (Wildman–Crippen MR) is 242 cm³/mol. The molecule has 3 heterocycles. The van der Waals surface area contributed by atoms with Crippen LogP contribution in [0.3, 0.4) is 0 Å². The Bertz CT molecular complexity index is 3560. The fourth-order valence-corrected chi connectivity index (χ4v) is 9.08. The van der Waals surface area contributed by atoms with Crippen molar-refractivity contribution >= 4 is 65.2 Å². The van der Waals surface area contributed by atoms with E-state index >= 15 is 0 Å². The Morgan fingerprint density at radius 2 is 0.828 bits per heavy atom. The summed E-state index contributed by atoms with van der Waals surface area (Å²) in [6, 6.07) is 73.8. The summed E-state index contributed by atoms with van der Waals surface area (Å²) in [7, 11) is 0. The van der Waals surface area contributed by atoms with Crippen LogP contribution in [0.25, 0.3) is 110 Å². The van der Waals surface area contributed by atoms with Gasteiger partial charge in [0.05, 0.1) is 33.5 Å². The molecule has 12 aromatic rings. The van der Waals surface area contributed by atoms with Gasteiger partial charge in [0.15, 0.2) is 5.82 Å². The van der Waals surface area contributed by atoms with E-state index in [-0.39, 0.29) is 0 Å². The zero-order chi connectivity index (χ0) is 38.2. The molecule has 0 N–H and O–H groups in total. The molecular weight excluding hydrogens is 705 g/mol. The Labute approximate surface area is 334 Å². The minimum Gasteiger partial charge on any atom is -0.309 e. The van der Waals surface area contributed by atoms with Gasteiger partial charge in [0, 0.05) is 49.6 Å². The van der Waals surface area contributed by atoms with Gasteiger partial charge in [-0.1, -0.05) is 152 Å². The fourth-order valence-electron chi connectivity index (χ4n) is 9.08. The molecule has 58 heavy (non-hydrogen) atoms. The lowest BCUT2D eigenvalue weighted by molar-refractivity contribution is 1.18. The standard InChI is InChI=1S/C54H34N4/c1-3-16-36(17-4-1)48-34-49(42-25-13-18-35-15-7-8-22-40(35)42)56-54(55-48)45-26-14-19-37-31-39(29-30-41(37)45)58-51-28-12-10-24-44(51)47-32-52-46(33-53(47)58)43-23-9-11-27-50(43)57(52)38-20-5-2-6-21-38/h1-34H. The third-order valence-corrected chi connectivity index (χ3v) is 11.7. The van der Waals surface area contributed by atoms with E-state index in [1.54, 1.807) is 0 Å². The highest BCUT2D eigenvalue weighted by molar-refractivity contribution is 6.19. The zero-order valence-electron chi connectivity index (χ0n) is 31.4. The Morgan fingerprint density at radius 3 is 1.55 bits per heavy atom. The van der Waals surface area contributed by atoms with Crippen LogP contribution in [-0.2, 0) is 0 Å². The van der Waals surface area contributed by atoms with Gasteiger partial charge in [-0.3, -0.25) is 0 Å². The van der Waals surface area contributed by atoms with Gasteiger partial charge in [0.1, 0.15) is 0 Å². The monoisotopic (exact) mass is 738 g/mol. The second-order valence-electron chi connectivity index (χ2n) is 15.0. The van der Waals surface area contributed by atoms with E-state index in [1.165, 1.54) is 54.4 Å². The molecule has 270 valence electrons. The maximum atomic E-state index is 5.31. The largest absolute Gasteiger partial charge is 0.309 e. The van der Waals surface area contributed by atoms with Gasteiger partial charge in [-0.05, 0) is 76.1 Å². The van der Waals surface area contributed by atoms with Crippen LogP contribution in [0.4, 0.5) is 0 Å². The molecule has 12 rings (SSSR count). The summed E-state index contributed by atoms with van der Waals surface area (Å²) >= 11 is 0. The number of rotatable bonds is 5. The highest BCUT2D eigenvalue weighted by atomic mass is 15.0. The van der Waals surface area contributed by atoms with Crippen LogP contribution in [0.15, 0.2) is 206 Å². The fraction of sp³-hybridized carbons (Fsp3) is 0. The van der Waals surface area contributed by atoms with Crippen molar-refractivity contribution in [2.75, 3.05) is 0 Å². The van der Waals surface area contributed by atoms with Gasteiger partial charge >= 0.3 is 0 Å². The molecule has 0 bridgehead atoms. The Kier molecular flexibility index (Phi) is 7.20. The first-order chi connectivity index (χ1) is 28.8. The molecule has 0 aliphatic heterocycles. The number of nitrogens with zero attached hydrogens (tertiary/aromatic N) is 4. The number of benzene rings is 9. The summed E-state index contributed by atoms with van der Waals surface area (Å²) in [5.74, 6) is 0.705. The van der Waals surface area contributed by atoms with Gasteiger partial charge in [0.2, 0.25) is 0 Å². The van der Waals surface area contributed by atoms with Crippen LogP contribution in [0, 0.1) is 0 Å². The molecule has 0 aliphatic rings. The lowest BCUT2D eigenvalue weighted by Gasteiger charge is -2.14. The molecule has 4 heteroatoms. The van der Waals surface area contributed by atoms with E-state index < -0.39 is 0 Å². The lowest BCUT2D eigenvalue weighted by Crippen LogP contribution is -1.98. The average molecular weight is 739 g/mol. The molecule has 0 unspecified atom stereocenters. The molecule has 0 saturated carbocycles. The van der Waals surface area contributed by atoms with Crippen LogP contribution in [0.5, 0.6) is 0 Å². The summed E-state index contributed by atoms with van der Waals surface area (Å²) < 4.78 is 4.82. The lowest BCUT2D eigenvalue weighted by atomic mass is 9.99. The first-order valence-corrected chi connectivity index (χ1v) is 19.7. The van der Waals surface area contributed by atoms with Crippen LogP contribution >= 0.6 is 0 Å². The molecule has 0 spiro atoms. The van der Waals surface area contributed by atoms with Crippen LogP contribution in [0.1, 0.15) is 0 Å². The summed E-state index contributed by atoms with van der Waals surface area (Å²) in [5.41, 5.74) is 12.0. The van der Waals surface area contributed by atoms with E-state index in [4.69, 9.17) is 9.97 Å². The number of hydrogen-bond donors (Lipinski definition) is 0. The van der Waals surface area contributed by atoms with Crippen LogP contribution < -0.4 is 0 Å².